The highest BCUT2D eigenvalue weighted by Gasteiger charge is 2.14. The maximum absolute atomic E-state index is 14.4. The van der Waals surface area contributed by atoms with Crippen molar-refractivity contribution in [2.24, 2.45) is 5.73 Å². The minimum Gasteiger partial charge on any atom is -0.464 e. The fraction of sp³-hybridized carbons (Fsp3) is 0.286. The Morgan fingerprint density at radius 3 is 2.78 bits per heavy atom. The third kappa shape index (κ3) is 2.44. The minimum atomic E-state index is -0.353. The largest absolute Gasteiger partial charge is 0.464 e. The normalized spacial score (nSPS) is 10.8. The SMILES string of the molecule is COCOc1c(CCN)cc2ccccc2c1F. The molecule has 0 aromatic heterocycles. The van der Waals surface area contributed by atoms with E-state index in [4.69, 9.17) is 15.2 Å². The molecule has 0 unspecified atom stereocenters. The van der Waals surface area contributed by atoms with E-state index in [9.17, 15) is 4.39 Å². The number of methoxy groups -OCH3 is 1. The Bertz CT molecular complexity index is 543. The summed E-state index contributed by atoms with van der Waals surface area (Å²) in [5.74, 6) is -0.116. The van der Waals surface area contributed by atoms with Crippen LogP contribution in [0.3, 0.4) is 0 Å². The molecule has 96 valence electrons. The lowest BCUT2D eigenvalue weighted by Crippen LogP contribution is -2.08. The fourth-order valence-corrected chi connectivity index (χ4v) is 1.95. The van der Waals surface area contributed by atoms with Gasteiger partial charge in [0.2, 0.25) is 0 Å². The predicted octanol–water partition coefficient (Wildman–Crippen LogP) is 2.46. The van der Waals surface area contributed by atoms with Crippen LogP contribution in [0.4, 0.5) is 4.39 Å². The van der Waals surface area contributed by atoms with E-state index in [0.29, 0.717) is 18.4 Å². The van der Waals surface area contributed by atoms with Gasteiger partial charge in [0.1, 0.15) is 0 Å². The molecule has 0 aliphatic rings. The van der Waals surface area contributed by atoms with Crippen molar-refractivity contribution in [3.63, 3.8) is 0 Å². The van der Waals surface area contributed by atoms with Crippen molar-refractivity contribution in [3.8, 4) is 5.75 Å². The smallest absolute Gasteiger partial charge is 0.188 e. The molecule has 0 fully saturated rings. The zero-order chi connectivity index (χ0) is 13.0. The molecule has 2 aromatic rings. The zero-order valence-electron chi connectivity index (χ0n) is 10.3. The Balaban J connectivity index is 2.55. The number of fused-ring (bicyclic) bond motifs is 1. The molecule has 2 rings (SSSR count). The molecule has 0 atom stereocenters. The van der Waals surface area contributed by atoms with Gasteiger partial charge in [0.15, 0.2) is 18.4 Å². The van der Waals surface area contributed by atoms with Gasteiger partial charge in [-0.3, -0.25) is 0 Å². The molecule has 0 saturated carbocycles. The highest BCUT2D eigenvalue weighted by Crippen LogP contribution is 2.31. The summed E-state index contributed by atoms with van der Waals surface area (Å²) in [6.07, 6.45) is 0.570. The van der Waals surface area contributed by atoms with Crippen molar-refractivity contribution in [3.05, 3.63) is 41.7 Å². The van der Waals surface area contributed by atoms with Gasteiger partial charge in [0, 0.05) is 12.5 Å². The Morgan fingerprint density at radius 2 is 2.06 bits per heavy atom. The van der Waals surface area contributed by atoms with Crippen LogP contribution in [-0.4, -0.2) is 20.4 Å². The van der Waals surface area contributed by atoms with Crippen LogP contribution < -0.4 is 10.5 Å². The highest BCUT2D eigenvalue weighted by molar-refractivity contribution is 5.85. The molecule has 0 aliphatic heterocycles. The first-order valence-corrected chi connectivity index (χ1v) is 5.80. The Morgan fingerprint density at radius 1 is 1.28 bits per heavy atom. The first kappa shape index (κ1) is 12.8. The van der Waals surface area contributed by atoms with Crippen LogP contribution in [0.15, 0.2) is 30.3 Å². The van der Waals surface area contributed by atoms with Gasteiger partial charge in [-0.15, -0.1) is 0 Å². The Kier molecular flexibility index (Phi) is 4.12. The second-order valence-electron chi connectivity index (χ2n) is 3.99. The molecule has 18 heavy (non-hydrogen) atoms. The van der Waals surface area contributed by atoms with Gasteiger partial charge in [-0.2, -0.15) is 0 Å². The second kappa shape index (κ2) is 5.80. The molecule has 2 aromatic carbocycles. The van der Waals surface area contributed by atoms with Crippen LogP contribution in [0.1, 0.15) is 5.56 Å². The molecule has 0 bridgehead atoms. The van der Waals surface area contributed by atoms with Gasteiger partial charge in [-0.05, 0) is 30.0 Å². The van der Waals surface area contributed by atoms with Crippen molar-refractivity contribution in [1.82, 2.24) is 0 Å². The van der Waals surface area contributed by atoms with Gasteiger partial charge >= 0.3 is 0 Å². The van der Waals surface area contributed by atoms with Crippen LogP contribution in [0.2, 0.25) is 0 Å². The third-order valence-corrected chi connectivity index (χ3v) is 2.75. The summed E-state index contributed by atoms with van der Waals surface area (Å²) in [6.45, 7) is 0.466. The van der Waals surface area contributed by atoms with Gasteiger partial charge in [-0.25, -0.2) is 4.39 Å². The highest BCUT2D eigenvalue weighted by atomic mass is 19.1. The third-order valence-electron chi connectivity index (χ3n) is 2.75. The van der Waals surface area contributed by atoms with E-state index in [0.717, 1.165) is 10.9 Å². The summed E-state index contributed by atoms with van der Waals surface area (Å²) in [5.41, 5.74) is 6.31. The van der Waals surface area contributed by atoms with Crippen LogP contribution in [0, 0.1) is 5.82 Å². The van der Waals surface area contributed by atoms with Crippen LogP contribution in [0.5, 0.6) is 5.75 Å². The quantitative estimate of drug-likeness (QED) is 0.828. The lowest BCUT2D eigenvalue weighted by atomic mass is 10.0. The maximum Gasteiger partial charge on any atom is 0.188 e. The molecule has 0 saturated heterocycles. The van der Waals surface area contributed by atoms with Crippen LogP contribution in [-0.2, 0) is 11.2 Å². The summed E-state index contributed by atoms with van der Waals surface area (Å²) in [4.78, 5) is 0. The van der Waals surface area contributed by atoms with E-state index in [2.05, 4.69) is 0 Å². The molecule has 2 N–H and O–H groups in total. The number of rotatable bonds is 5. The molecule has 3 nitrogen and oxygen atoms in total. The summed E-state index contributed by atoms with van der Waals surface area (Å²) in [7, 11) is 1.50. The number of nitrogens with two attached hydrogens (primary N) is 1. The van der Waals surface area contributed by atoms with E-state index in [1.807, 2.05) is 18.2 Å². The summed E-state index contributed by atoms with van der Waals surface area (Å²) in [6, 6.07) is 9.20. The van der Waals surface area contributed by atoms with Gasteiger partial charge in [0.25, 0.3) is 0 Å². The molecule has 0 heterocycles. The lowest BCUT2D eigenvalue weighted by molar-refractivity contribution is 0.0478. The summed E-state index contributed by atoms with van der Waals surface area (Å²) in [5, 5.41) is 1.40. The van der Waals surface area contributed by atoms with E-state index >= 15 is 0 Å². The van der Waals surface area contributed by atoms with Crippen molar-refractivity contribution < 1.29 is 13.9 Å². The molecule has 0 radical (unpaired) electrons. The van der Waals surface area contributed by atoms with E-state index in [1.165, 1.54) is 7.11 Å². The first-order chi connectivity index (χ1) is 8.77. The van der Waals surface area contributed by atoms with Gasteiger partial charge in [0.05, 0.1) is 0 Å². The van der Waals surface area contributed by atoms with Crippen molar-refractivity contribution >= 4 is 10.8 Å². The van der Waals surface area contributed by atoms with Crippen LogP contribution in [0.25, 0.3) is 10.8 Å². The minimum absolute atomic E-state index is 0.0207. The second-order valence-corrected chi connectivity index (χ2v) is 3.99. The first-order valence-electron chi connectivity index (χ1n) is 5.80. The summed E-state index contributed by atoms with van der Waals surface area (Å²) >= 11 is 0. The number of benzene rings is 2. The lowest BCUT2D eigenvalue weighted by Gasteiger charge is -2.13. The molecule has 4 heteroatoms. The summed E-state index contributed by atoms with van der Waals surface area (Å²) < 4.78 is 24.5. The number of ether oxygens (including phenoxy) is 2. The molecular weight excluding hydrogens is 233 g/mol. The molecule has 0 spiro atoms. The van der Waals surface area contributed by atoms with E-state index in [-0.39, 0.29) is 18.4 Å². The number of halogens is 1. The monoisotopic (exact) mass is 249 g/mol. The fourth-order valence-electron chi connectivity index (χ4n) is 1.95. The average molecular weight is 249 g/mol. The molecular formula is C14H16FNO2. The van der Waals surface area contributed by atoms with Gasteiger partial charge in [-0.1, -0.05) is 24.3 Å². The molecule has 0 aliphatic carbocycles. The zero-order valence-corrected chi connectivity index (χ0v) is 10.3. The van der Waals surface area contributed by atoms with Crippen molar-refractivity contribution in [2.75, 3.05) is 20.4 Å². The van der Waals surface area contributed by atoms with Gasteiger partial charge < -0.3 is 15.2 Å². The Hall–Kier alpha value is -1.65. The van der Waals surface area contributed by atoms with E-state index < -0.39 is 0 Å². The number of hydrogen-bond acceptors (Lipinski definition) is 3. The Labute approximate surface area is 105 Å². The predicted molar refractivity (Wildman–Crippen MR) is 69.2 cm³/mol. The van der Waals surface area contributed by atoms with Crippen molar-refractivity contribution in [2.45, 2.75) is 6.42 Å². The number of hydrogen-bond donors (Lipinski definition) is 1. The topological polar surface area (TPSA) is 44.5 Å². The average Bonchev–Trinajstić information content (AvgIpc) is 2.39. The van der Waals surface area contributed by atoms with Crippen molar-refractivity contribution in [1.29, 1.82) is 0 Å². The molecule has 0 amide bonds. The standard InChI is InChI=1S/C14H16FNO2/c1-17-9-18-14-11(6-7-16)8-10-4-2-3-5-12(10)13(14)15/h2-5,8H,6-7,9,16H2,1H3. The maximum atomic E-state index is 14.4. The van der Waals surface area contributed by atoms with E-state index in [1.54, 1.807) is 12.1 Å². The van der Waals surface area contributed by atoms with Crippen LogP contribution >= 0.6 is 0 Å².